The number of amides is 1. The third-order valence-electron chi connectivity index (χ3n) is 2.02. The van der Waals surface area contributed by atoms with Crippen LogP contribution in [0.15, 0.2) is 24.3 Å². The largest absolute Gasteiger partial charge is 0.369 e. The molecule has 0 bridgehead atoms. The molecule has 1 aromatic carbocycles. The smallest absolute Gasteiger partial charge is 0.250 e. The predicted octanol–water partition coefficient (Wildman–Crippen LogP) is 1.51. The monoisotopic (exact) mass is 222 g/mol. The molecule has 4 heteroatoms. The Morgan fingerprint density at radius 2 is 2.00 bits per heavy atom. The lowest BCUT2D eigenvalue weighted by atomic mass is 10.2. The van der Waals surface area contributed by atoms with Crippen LogP contribution in [-0.4, -0.2) is 18.6 Å². The molecule has 0 spiro atoms. The molecule has 0 atom stereocenters. The highest BCUT2D eigenvalue weighted by molar-refractivity contribution is 5.91. The number of carbonyl (C=O) groups is 1. The predicted molar refractivity (Wildman–Crippen MR) is 64.1 cm³/mol. The minimum Gasteiger partial charge on any atom is -0.369 e. The zero-order valence-electron chi connectivity index (χ0n) is 9.69. The molecule has 0 unspecified atom stereocenters. The van der Waals surface area contributed by atoms with E-state index in [1.54, 1.807) is 0 Å². The fourth-order valence-corrected chi connectivity index (χ4v) is 1.16. The van der Waals surface area contributed by atoms with Crippen molar-refractivity contribution in [3.8, 4) is 0 Å². The Kier molecular flexibility index (Phi) is 4.95. The minimum atomic E-state index is -0.144. The van der Waals surface area contributed by atoms with Gasteiger partial charge in [-0.15, -0.1) is 0 Å². The Hall–Kier alpha value is -1.39. The van der Waals surface area contributed by atoms with E-state index in [2.05, 4.69) is 5.32 Å². The Labute approximate surface area is 95.8 Å². The highest BCUT2D eigenvalue weighted by Gasteiger charge is 2.03. The SMILES string of the molecule is CC(C)OCC(=O)Nc1ccc(CN)cc1. The van der Waals surface area contributed by atoms with Crippen LogP contribution in [0.1, 0.15) is 19.4 Å². The summed E-state index contributed by atoms with van der Waals surface area (Å²) >= 11 is 0. The first-order valence-corrected chi connectivity index (χ1v) is 5.32. The van der Waals surface area contributed by atoms with E-state index in [-0.39, 0.29) is 18.6 Å². The fourth-order valence-electron chi connectivity index (χ4n) is 1.16. The number of hydrogen-bond acceptors (Lipinski definition) is 3. The van der Waals surface area contributed by atoms with Crippen LogP contribution in [0.5, 0.6) is 0 Å². The normalized spacial score (nSPS) is 10.5. The first-order chi connectivity index (χ1) is 7.61. The van der Waals surface area contributed by atoms with Gasteiger partial charge in [0.2, 0.25) is 5.91 Å². The molecule has 0 saturated carbocycles. The van der Waals surface area contributed by atoms with Gasteiger partial charge in [-0.1, -0.05) is 12.1 Å². The van der Waals surface area contributed by atoms with Crippen molar-refractivity contribution >= 4 is 11.6 Å². The first-order valence-electron chi connectivity index (χ1n) is 5.32. The van der Waals surface area contributed by atoms with Crippen LogP contribution in [0.3, 0.4) is 0 Å². The second-order valence-corrected chi connectivity index (χ2v) is 3.81. The molecule has 0 saturated heterocycles. The molecule has 16 heavy (non-hydrogen) atoms. The van der Waals surface area contributed by atoms with Crippen LogP contribution in [0.25, 0.3) is 0 Å². The number of anilines is 1. The zero-order valence-corrected chi connectivity index (χ0v) is 9.69. The van der Waals surface area contributed by atoms with Crippen molar-refractivity contribution in [3.05, 3.63) is 29.8 Å². The minimum absolute atomic E-state index is 0.0605. The zero-order chi connectivity index (χ0) is 12.0. The molecule has 3 N–H and O–H groups in total. The molecule has 0 heterocycles. The van der Waals surface area contributed by atoms with E-state index in [0.29, 0.717) is 6.54 Å². The quantitative estimate of drug-likeness (QED) is 0.793. The molecular formula is C12H18N2O2. The summed E-state index contributed by atoms with van der Waals surface area (Å²) in [6, 6.07) is 7.43. The number of rotatable bonds is 5. The molecule has 88 valence electrons. The van der Waals surface area contributed by atoms with Crippen molar-refractivity contribution in [2.75, 3.05) is 11.9 Å². The van der Waals surface area contributed by atoms with Gasteiger partial charge in [-0.05, 0) is 31.5 Å². The molecule has 1 amide bonds. The van der Waals surface area contributed by atoms with E-state index in [4.69, 9.17) is 10.5 Å². The molecule has 0 radical (unpaired) electrons. The van der Waals surface area contributed by atoms with Crippen LogP contribution in [0, 0.1) is 0 Å². The Bertz CT molecular complexity index is 333. The van der Waals surface area contributed by atoms with Gasteiger partial charge in [-0.2, -0.15) is 0 Å². The number of nitrogens with two attached hydrogens (primary N) is 1. The van der Waals surface area contributed by atoms with Gasteiger partial charge in [-0.25, -0.2) is 0 Å². The third-order valence-corrected chi connectivity index (χ3v) is 2.02. The molecular weight excluding hydrogens is 204 g/mol. The van der Waals surface area contributed by atoms with E-state index >= 15 is 0 Å². The topological polar surface area (TPSA) is 64.3 Å². The lowest BCUT2D eigenvalue weighted by molar-refractivity contribution is -0.121. The molecule has 0 aromatic heterocycles. The lowest BCUT2D eigenvalue weighted by Crippen LogP contribution is -2.20. The second-order valence-electron chi connectivity index (χ2n) is 3.81. The van der Waals surface area contributed by atoms with Gasteiger partial charge < -0.3 is 15.8 Å². The van der Waals surface area contributed by atoms with Crippen molar-refractivity contribution in [1.82, 2.24) is 0 Å². The van der Waals surface area contributed by atoms with Gasteiger partial charge in [0.15, 0.2) is 0 Å². The summed E-state index contributed by atoms with van der Waals surface area (Å²) in [6.45, 7) is 4.37. The van der Waals surface area contributed by atoms with Gasteiger partial charge in [-0.3, -0.25) is 4.79 Å². The van der Waals surface area contributed by atoms with Crippen LogP contribution in [0.4, 0.5) is 5.69 Å². The maximum atomic E-state index is 11.4. The van der Waals surface area contributed by atoms with Crippen molar-refractivity contribution in [2.24, 2.45) is 5.73 Å². The summed E-state index contributed by atoms with van der Waals surface area (Å²) in [4.78, 5) is 11.4. The number of benzene rings is 1. The number of hydrogen-bond donors (Lipinski definition) is 2. The molecule has 0 fully saturated rings. The summed E-state index contributed by atoms with van der Waals surface area (Å²) in [6.07, 6.45) is 0.0605. The number of ether oxygens (including phenoxy) is 1. The standard InChI is InChI=1S/C12H18N2O2/c1-9(2)16-8-12(15)14-11-5-3-10(7-13)4-6-11/h3-6,9H,7-8,13H2,1-2H3,(H,14,15). The van der Waals surface area contributed by atoms with Gasteiger partial charge >= 0.3 is 0 Å². The van der Waals surface area contributed by atoms with Crippen molar-refractivity contribution in [1.29, 1.82) is 0 Å². The summed E-state index contributed by atoms with van der Waals surface area (Å²) in [7, 11) is 0. The number of nitrogens with one attached hydrogen (secondary N) is 1. The molecule has 0 aliphatic carbocycles. The molecule has 1 rings (SSSR count). The summed E-state index contributed by atoms with van der Waals surface area (Å²) in [5, 5.41) is 2.74. The molecule has 0 aliphatic heterocycles. The Balaban J connectivity index is 2.43. The van der Waals surface area contributed by atoms with Crippen LogP contribution in [-0.2, 0) is 16.1 Å². The highest BCUT2D eigenvalue weighted by Crippen LogP contribution is 2.08. The summed E-state index contributed by atoms with van der Waals surface area (Å²) in [5.41, 5.74) is 7.27. The van der Waals surface area contributed by atoms with Gasteiger partial charge in [0, 0.05) is 12.2 Å². The summed E-state index contributed by atoms with van der Waals surface area (Å²) in [5.74, 6) is -0.144. The van der Waals surface area contributed by atoms with Crippen molar-refractivity contribution in [2.45, 2.75) is 26.5 Å². The van der Waals surface area contributed by atoms with Crippen LogP contribution < -0.4 is 11.1 Å². The van der Waals surface area contributed by atoms with Crippen molar-refractivity contribution < 1.29 is 9.53 Å². The fraction of sp³-hybridized carbons (Fsp3) is 0.417. The van der Waals surface area contributed by atoms with E-state index < -0.39 is 0 Å². The summed E-state index contributed by atoms with van der Waals surface area (Å²) < 4.78 is 5.19. The van der Waals surface area contributed by atoms with E-state index in [9.17, 15) is 4.79 Å². The Morgan fingerprint density at radius 1 is 1.38 bits per heavy atom. The molecule has 4 nitrogen and oxygen atoms in total. The maximum absolute atomic E-state index is 11.4. The second kappa shape index (κ2) is 6.25. The maximum Gasteiger partial charge on any atom is 0.250 e. The van der Waals surface area contributed by atoms with Gasteiger partial charge in [0.1, 0.15) is 6.61 Å². The van der Waals surface area contributed by atoms with Crippen LogP contribution in [0.2, 0.25) is 0 Å². The Morgan fingerprint density at radius 3 is 2.50 bits per heavy atom. The van der Waals surface area contributed by atoms with Crippen molar-refractivity contribution in [3.63, 3.8) is 0 Å². The van der Waals surface area contributed by atoms with Crippen LogP contribution >= 0.6 is 0 Å². The highest BCUT2D eigenvalue weighted by atomic mass is 16.5. The molecule has 1 aromatic rings. The first kappa shape index (κ1) is 12.7. The van der Waals surface area contributed by atoms with E-state index in [1.165, 1.54) is 0 Å². The lowest BCUT2D eigenvalue weighted by Gasteiger charge is -2.08. The van der Waals surface area contributed by atoms with E-state index in [0.717, 1.165) is 11.3 Å². The average Bonchev–Trinajstić information content (AvgIpc) is 2.27. The van der Waals surface area contributed by atoms with Gasteiger partial charge in [0.25, 0.3) is 0 Å². The number of carbonyl (C=O) groups excluding carboxylic acids is 1. The molecule has 0 aliphatic rings. The van der Waals surface area contributed by atoms with E-state index in [1.807, 2.05) is 38.1 Å². The van der Waals surface area contributed by atoms with Gasteiger partial charge in [0.05, 0.1) is 6.10 Å². The average molecular weight is 222 g/mol. The third kappa shape index (κ3) is 4.42.